The summed E-state index contributed by atoms with van der Waals surface area (Å²) in [5, 5.41) is 23.0. The van der Waals surface area contributed by atoms with Crippen molar-refractivity contribution in [2.75, 3.05) is 18.1 Å². The van der Waals surface area contributed by atoms with Crippen LogP contribution < -0.4 is 59.7 Å². The maximum atomic E-state index is 14.6. The molecule has 390 valence electrons. The molecule has 0 unspecified atom stereocenters. The van der Waals surface area contributed by atoms with Gasteiger partial charge in [0.2, 0.25) is 53.2 Å². The van der Waals surface area contributed by atoms with E-state index < -0.39 is 101 Å². The van der Waals surface area contributed by atoms with E-state index in [1.54, 1.807) is 36.4 Å². The largest absolute Gasteiger partial charge is 0.370 e. The molecule has 4 aromatic rings. The SMILES string of the molecule is CC(=O)N[C@H]1CSSC[C@@H](C(N)=O)NC(=O)[C@H](C)NC(=O)[C@H](Cc2ccc3ccccc3c2)NC(=O)[C@H](CCCN=C(N)N)NC(=O)[C@@H](Cc2ccccc2)NC(=O)[C@H](Cc2cnc[nH]2)NC(=O)[C@@H](C)NC1=O. The van der Waals surface area contributed by atoms with Gasteiger partial charge in [-0.1, -0.05) is 94.4 Å². The van der Waals surface area contributed by atoms with Gasteiger partial charge in [0.05, 0.1) is 6.33 Å². The Kier molecular flexibility index (Phi) is 21.4. The molecule has 0 radical (unpaired) electrons. The molecular weight excluding hydrogens is 981 g/mol. The summed E-state index contributed by atoms with van der Waals surface area (Å²) in [6.45, 7) is 4.02. The lowest BCUT2D eigenvalue weighted by atomic mass is 10.00. The normalized spacial score (nSPS) is 23.5. The summed E-state index contributed by atoms with van der Waals surface area (Å²) in [6, 6.07) is 11.4. The summed E-state index contributed by atoms with van der Waals surface area (Å²) >= 11 is 0. The molecule has 8 atom stereocenters. The van der Waals surface area contributed by atoms with Crippen molar-refractivity contribution in [3.63, 3.8) is 0 Å². The van der Waals surface area contributed by atoms with Gasteiger partial charge in [-0.3, -0.25) is 48.1 Å². The second-order valence-electron chi connectivity index (χ2n) is 17.3. The van der Waals surface area contributed by atoms with Gasteiger partial charge in [0.15, 0.2) is 5.96 Å². The van der Waals surface area contributed by atoms with Crippen LogP contribution in [0.5, 0.6) is 0 Å². The van der Waals surface area contributed by atoms with E-state index in [0.29, 0.717) is 16.8 Å². The third-order valence-electron chi connectivity index (χ3n) is 11.4. The molecule has 1 fully saturated rings. The average molecular weight is 1040 g/mol. The molecule has 3 aromatic carbocycles. The molecule has 5 rings (SSSR count). The van der Waals surface area contributed by atoms with Crippen molar-refractivity contribution in [1.82, 2.24) is 52.5 Å². The first-order valence-electron chi connectivity index (χ1n) is 23.3. The fourth-order valence-corrected chi connectivity index (χ4v) is 9.83. The Morgan fingerprint density at radius 3 is 1.81 bits per heavy atom. The van der Waals surface area contributed by atoms with Crippen molar-refractivity contribution in [1.29, 1.82) is 0 Å². The molecule has 2 heterocycles. The predicted molar refractivity (Wildman–Crippen MR) is 277 cm³/mol. The highest BCUT2D eigenvalue weighted by atomic mass is 33.1. The van der Waals surface area contributed by atoms with Crippen LogP contribution in [-0.2, 0) is 62.4 Å². The number of nitrogens with two attached hydrogens (primary N) is 3. The highest BCUT2D eigenvalue weighted by Crippen LogP contribution is 2.23. The quantitative estimate of drug-likeness (QED) is 0.0332. The third kappa shape index (κ3) is 18.2. The van der Waals surface area contributed by atoms with Crippen molar-refractivity contribution in [2.24, 2.45) is 22.2 Å². The Labute approximate surface area is 429 Å². The van der Waals surface area contributed by atoms with E-state index in [-0.39, 0.29) is 56.1 Å². The van der Waals surface area contributed by atoms with Crippen molar-refractivity contribution in [3.05, 3.63) is 102 Å². The molecule has 0 bridgehead atoms. The van der Waals surface area contributed by atoms with E-state index in [1.165, 1.54) is 33.3 Å². The summed E-state index contributed by atoms with van der Waals surface area (Å²) < 4.78 is 0. The number of primary amides is 1. The van der Waals surface area contributed by atoms with Crippen LogP contribution in [0.1, 0.15) is 50.4 Å². The van der Waals surface area contributed by atoms with Crippen LogP contribution in [-0.4, -0.2) is 135 Å². The van der Waals surface area contributed by atoms with Crippen molar-refractivity contribution >= 4 is 91.5 Å². The minimum Gasteiger partial charge on any atom is -0.370 e. The van der Waals surface area contributed by atoms with Crippen LogP contribution in [0.25, 0.3) is 10.8 Å². The number of fused-ring (bicyclic) bond motifs is 1. The van der Waals surface area contributed by atoms with Gasteiger partial charge in [0.25, 0.3) is 0 Å². The number of aromatic amines is 1. The fourth-order valence-electron chi connectivity index (χ4n) is 7.49. The third-order valence-corrected chi connectivity index (χ3v) is 13.8. The molecule has 0 saturated carbocycles. The van der Waals surface area contributed by atoms with E-state index >= 15 is 0 Å². The van der Waals surface area contributed by atoms with Crippen LogP contribution >= 0.6 is 21.6 Å². The minimum atomic E-state index is -1.37. The number of guanidine groups is 1. The minimum absolute atomic E-state index is 0.0564. The zero-order valence-corrected chi connectivity index (χ0v) is 42.1. The molecule has 0 aliphatic carbocycles. The van der Waals surface area contributed by atoms with Crippen molar-refractivity contribution in [3.8, 4) is 0 Å². The number of H-pyrrole nitrogens is 1. The number of hydrogen-bond donors (Lipinski definition) is 12. The summed E-state index contributed by atoms with van der Waals surface area (Å²) in [6.07, 6.45) is 2.64. The number of imidazole rings is 1. The second-order valence-corrected chi connectivity index (χ2v) is 19.8. The molecule has 1 aromatic heterocycles. The van der Waals surface area contributed by atoms with Gasteiger partial charge < -0.3 is 64.7 Å². The molecule has 1 aliphatic heterocycles. The van der Waals surface area contributed by atoms with E-state index in [4.69, 9.17) is 17.2 Å². The maximum Gasteiger partial charge on any atom is 0.244 e. The lowest BCUT2D eigenvalue weighted by Crippen LogP contribution is -2.61. The highest BCUT2D eigenvalue weighted by Gasteiger charge is 2.34. The molecule has 1 aliphatic rings. The van der Waals surface area contributed by atoms with Gasteiger partial charge in [0.1, 0.15) is 48.3 Å². The Hall–Kier alpha value is -7.67. The zero-order chi connectivity index (χ0) is 53.0. The van der Waals surface area contributed by atoms with E-state index in [1.807, 2.05) is 36.4 Å². The summed E-state index contributed by atoms with van der Waals surface area (Å²) in [5.41, 5.74) is 18.5. The van der Waals surface area contributed by atoms with E-state index in [0.717, 1.165) is 32.4 Å². The number of aromatic nitrogens is 2. The lowest BCUT2D eigenvalue weighted by Gasteiger charge is -2.28. The smallest absolute Gasteiger partial charge is 0.244 e. The molecule has 73 heavy (non-hydrogen) atoms. The molecule has 0 spiro atoms. The predicted octanol–water partition coefficient (Wildman–Crippen LogP) is -1.54. The topological polar surface area (TPSA) is 369 Å². The molecule has 1 saturated heterocycles. The lowest BCUT2D eigenvalue weighted by molar-refractivity contribution is -0.135. The van der Waals surface area contributed by atoms with Crippen LogP contribution in [0.3, 0.4) is 0 Å². The molecule has 25 heteroatoms. The molecule has 15 N–H and O–H groups in total. The number of amides is 9. The summed E-state index contributed by atoms with van der Waals surface area (Å²) in [5.74, 6) is -7.34. The van der Waals surface area contributed by atoms with Crippen LogP contribution in [0.4, 0.5) is 0 Å². The van der Waals surface area contributed by atoms with Gasteiger partial charge in [-0.2, -0.15) is 0 Å². The van der Waals surface area contributed by atoms with E-state index in [9.17, 15) is 43.2 Å². The number of carbonyl (C=O) groups excluding carboxylic acids is 9. The second kappa shape index (κ2) is 27.8. The van der Waals surface area contributed by atoms with Gasteiger partial charge in [0, 0.05) is 56.1 Å². The van der Waals surface area contributed by atoms with Gasteiger partial charge in [-0.15, -0.1) is 0 Å². The van der Waals surface area contributed by atoms with Crippen molar-refractivity contribution in [2.45, 2.75) is 101 Å². The number of nitrogens with one attached hydrogen (secondary N) is 9. The Balaban J connectivity index is 1.54. The monoisotopic (exact) mass is 1040 g/mol. The number of benzene rings is 3. The van der Waals surface area contributed by atoms with Gasteiger partial charge >= 0.3 is 0 Å². The zero-order valence-electron chi connectivity index (χ0n) is 40.5. The summed E-state index contributed by atoms with van der Waals surface area (Å²) in [7, 11) is 2.12. The van der Waals surface area contributed by atoms with Gasteiger partial charge in [-0.05, 0) is 48.6 Å². The van der Waals surface area contributed by atoms with Crippen LogP contribution in [0, 0.1) is 0 Å². The highest BCUT2D eigenvalue weighted by molar-refractivity contribution is 8.76. The van der Waals surface area contributed by atoms with Crippen LogP contribution in [0.2, 0.25) is 0 Å². The van der Waals surface area contributed by atoms with E-state index in [2.05, 4.69) is 57.5 Å². The van der Waals surface area contributed by atoms with Gasteiger partial charge in [-0.25, -0.2) is 4.98 Å². The summed E-state index contributed by atoms with van der Waals surface area (Å²) in [4.78, 5) is 135. The number of rotatable bonds is 12. The number of aliphatic imine (C=N–C) groups is 1. The van der Waals surface area contributed by atoms with Crippen LogP contribution in [0.15, 0.2) is 90.3 Å². The Bertz CT molecular complexity index is 2620. The Morgan fingerprint density at radius 2 is 1.18 bits per heavy atom. The number of hydrogen-bond acceptors (Lipinski definition) is 13. The molecule has 23 nitrogen and oxygen atoms in total. The molecular formula is C48H62N14O9S2. The van der Waals surface area contributed by atoms with Crippen molar-refractivity contribution < 1.29 is 43.2 Å². The first-order valence-corrected chi connectivity index (χ1v) is 25.8. The first-order chi connectivity index (χ1) is 34.9. The fraction of sp³-hybridized carbons (Fsp3) is 0.396. The number of nitrogens with zero attached hydrogens (tertiary/aromatic N) is 2. The average Bonchev–Trinajstić information content (AvgIpc) is 3.87. The molecule has 9 amide bonds. The number of carbonyl (C=O) groups is 9. The standard InChI is InChI=1S/C48H62N14O9S2/c1-26-41(65)59-37(21-33-22-52-25-54-33)46(70)61-35(19-29-10-5-4-6-11-29)45(69)58-34(14-9-17-53-48(50)51)43(67)60-36(20-30-15-16-31-12-7-8-13-32(31)18-30)44(68)55-27(2)42(66)62-38(40(49)64)23-72-73-24-39(47(71)56-26)57-28(3)63/h4-8,10-13,15-16,18,22,25-27,34-39H,9,14,17,19-21,23-24H2,1-3H3,(H2,49,64)(H,52,54)(H,55,68)(H,56,71)(H,57,63)(H,58,69)(H,59,65)(H,60,67)(H,61,70)(H,62,66)(H4,50,51,53)/t26-,27+,34+,35-,36+,37+,38+,39+/m1/s1. The Morgan fingerprint density at radius 1 is 0.630 bits per heavy atom. The first kappa shape index (κ1) is 56.2. The maximum absolute atomic E-state index is 14.6.